The van der Waals surface area contributed by atoms with E-state index < -0.39 is 0 Å². The molecule has 1 unspecified atom stereocenters. The Morgan fingerprint density at radius 1 is 1.12 bits per heavy atom. The first kappa shape index (κ1) is 22.7. The monoisotopic (exact) mass is 462 g/mol. The highest BCUT2D eigenvalue weighted by atomic mass is 32.2. The van der Waals surface area contributed by atoms with Crippen LogP contribution < -0.4 is 10.1 Å². The van der Waals surface area contributed by atoms with Gasteiger partial charge in [0.2, 0.25) is 5.91 Å². The first-order valence-electron chi connectivity index (χ1n) is 10.8. The number of aromatic nitrogens is 3. The van der Waals surface area contributed by atoms with E-state index in [0.717, 1.165) is 28.5 Å². The average Bonchev–Trinajstić information content (AvgIpc) is 3.44. The van der Waals surface area contributed by atoms with Gasteiger partial charge in [0.1, 0.15) is 18.1 Å². The SMILES string of the molecule is CCn1c(SC(C)C(=O)Nc2ccc(OCc3ccccc3)cc2)nnc1-c1ccoc1C. The molecule has 0 aliphatic heterocycles. The van der Waals surface area contributed by atoms with Crippen molar-refractivity contribution in [3.63, 3.8) is 0 Å². The van der Waals surface area contributed by atoms with Crippen molar-refractivity contribution in [2.24, 2.45) is 0 Å². The van der Waals surface area contributed by atoms with Crippen LogP contribution >= 0.6 is 11.8 Å². The number of thioether (sulfide) groups is 1. The van der Waals surface area contributed by atoms with E-state index in [2.05, 4.69) is 15.5 Å². The second-order valence-electron chi connectivity index (χ2n) is 7.49. The first-order valence-corrected chi connectivity index (χ1v) is 11.6. The molecular weight excluding hydrogens is 436 g/mol. The minimum Gasteiger partial charge on any atom is -0.489 e. The molecule has 0 aliphatic rings. The Labute approximate surface area is 197 Å². The maximum atomic E-state index is 12.8. The zero-order chi connectivity index (χ0) is 23.2. The number of anilines is 1. The Morgan fingerprint density at radius 3 is 2.55 bits per heavy atom. The van der Waals surface area contributed by atoms with Crippen LogP contribution in [0.1, 0.15) is 25.2 Å². The van der Waals surface area contributed by atoms with Crippen LogP contribution in [0.3, 0.4) is 0 Å². The lowest BCUT2D eigenvalue weighted by molar-refractivity contribution is -0.115. The number of nitrogens with zero attached hydrogens (tertiary/aromatic N) is 3. The Kier molecular flexibility index (Phi) is 7.14. The summed E-state index contributed by atoms with van der Waals surface area (Å²) in [4.78, 5) is 12.8. The molecule has 0 bridgehead atoms. The van der Waals surface area contributed by atoms with Crippen molar-refractivity contribution < 1.29 is 13.9 Å². The van der Waals surface area contributed by atoms with E-state index in [9.17, 15) is 4.79 Å². The molecule has 33 heavy (non-hydrogen) atoms. The number of hydrogen-bond donors (Lipinski definition) is 1. The van der Waals surface area contributed by atoms with Gasteiger partial charge in [0, 0.05) is 12.2 Å². The lowest BCUT2D eigenvalue weighted by atomic mass is 10.2. The van der Waals surface area contributed by atoms with Crippen molar-refractivity contribution in [3.8, 4) is 17.1 Å². The number of amides is 1. The largest absolute Gasteiger partial charge is 0.489 e. The van der Waals surface area contributed by atoms with Crippen LogP contribution in [0.5, 0.6) is 5.75 Å². The van der Waals surface area contributed by atoms with Crippen LogP contribution in [0, 0.1) is 6.92 Å². The molecular formula is C25H26N4O3S. The highest BCUT2D eigenvalue weighted by Gasteiger charge is 2.21. The zero-order valence-corrected chi connectivity index (χ0v) is 19.6. The number of furan rings is 1. The Balaban J connectivity index is 1.35. The summed E-state index contributed by atoms with van der Waals surface area (Å²) in [6.45, 7) is 6.96. The second-order valence-corrected chi connectivity index (χ2v) is 8.80. The lowest BCUT2D eigenvalue weighted by Crippen LogP contribution is -2.22. The predicted octanol–water partition coefficient (Wildman–Crippen LogP) is 5.56. The van der Waals surface area contributed by atoms with Crippen molar-refractivity contribution in [1.82, 2.24) is 14.8 Å². The molecule has 0 radical (unpaired) electrons. The van der Waals surface area contributed by atoms with Gasteiger partial charge in [0.25, 0.3) is 0 Å². The number of rotatable bonds is 9. The summed E-state index contributed by atoms with van der Waals surface area (Å²) in [5.41, 5.74) is 2.72. The van der Waals surface area contributed by atoms with E-state index in [-0.39, 0.29) is 11.2 Å². The Hall–Kier alpha value is -3.52. The molecule has 170 valence electrons. The molecule has 0 spiro atoms. The van der Waals surface area contributed by atoms with Gasteiger partial charge in [-0.3, -0.25) is 4.79 Å². The van der Waals surface area contributed by atoms with Gasteiger partial charge in [0.15, 0.2) is 11.0 Å². The van der Waals surface area contributed by atoms with Crippen LogP contribution in [0.25, 0.3) is 11.4 Å². The summed E-state index contributed by atoms with van der Waals surface area (Å²) in [5, 5.41) is 11.9. The maximum Gasteiger partial charge on any atom is 0.237 e. The number of nitrogens with one attached hydrogen (secondary N) is 1. The lowest BCUT2D eigenvalue weighted by Gasteiger charge is -2.13. The smallest absolute Gasteiger partial charge is 0.237 e. The zero-order valence-electron chi connectivity index (χ0n) is 18.8. The molecule has 2 aromatic heterocycles. The van der Waals surface area contributed by atoms with Crippen LogP contribution in [0.15, 0.2) is 76.5 Å². The van der Waals surface area contributed by atoms with Gasteiger partial charge in [-0.25, -0.2) is 0 Å². The van der Waals surface area contributed by atoms with E-state index in [4.69, 9.17) is 9.15 Å². The molecule has 1 atom stereocenters. The van der Waals surface area contributed by atoms with Crippen molar-refractivity contribution in [2.75, 3.05) is 5.32 Å². The third-order valence-corrected chi connectivity index (χ3v) is 6.23. The number of aryl methyl sites for hydroxylation is 1. The minimum absolute atomic E-state index is 0.107. The van der Waals surface area contributed by atoms with Crippen molar-refractivity contribution in [2.45, 2.75) is 44.3 Å². The van der Waals surface area contributed by atoms with Gasteiger partial charge in [-0.1, -0.05) is 42.1 Å². The minimum atomic E-state index is -0.355. The standard InChI is InChI=1S/C25H26N4O3S/c1-4-29-23(22-14-15-31-17(22)2)27-28-25(29)33-18(3)24(30)26-20-10-12-21(13-11-20)32-16-19-8-6-5-7-9-19/h5-15,18H,4,16H2,1-3H3,(H,26,30). The molecule has 4 aromatic rings. The third kappa shape index (κ3) is 5.46. The summed E-state index contributed by atoms with van der Waals surface area (Å²) >= 11 is 1.38. The molecule has 2 heterocycles. The molecule has 4 rings (SSSR count). The normalized spacial score (nSPS) is 11.8. The van der Waals surface area contributed by atoms with E-state index in [1.165, 1.54) is 11.8 Å². The van der Waals surface area contributed by atoms with Crippen molar-refractivity contribution >= 4 is 23.4 Å². The highest BCUT2D eigenvalue weighted by Crippen LogP contribution is 2.29. The fourth-order valence-corrected chi connectivity index (χ4v) is 4.22. The van der Waals surface area contributed by atoms with Crippen LogP contribution in [0.2, 0.25) is 0 Å². The number of carbonyl (C=O) groups is 1. The fourth-order valence-electron chi connectivity index (χ4n) is 3.31. The van der Waals surface area contributed by atoms with Crippen molar-refractivity contribution in [3.05, 3.63) is 78.3 Å². The number of ether oxygens (including phenoxy) is 1. The summed E-state index contributed by atoms with van der Waals surface area (Å²) in [5.74, 6) is 2.17. The molecule has 1 N–H and O–H groups in total. The van der Waals surface area contributed by atoms with Crippen LogP contribution in [0.4, 0.5) is 5.69 Å². The molecule has 0 aliphatic carbocycles. The van der Waals surface area contributed by atoms with Gasteiger partial charge in [-0.05, 0) is 56.7 Å². The molecule has 1 amide bonds. The summed E-state index contributed by atoms with van der Waals surface area (Å²) < 4.78 is 13.2. The van der Waals surface area contributed by atoms with Gasteiger partial charge in [-0.2, -0.15) is 0 Å². The highest BCUT2D eigenvalue weighted by molar-refractivity contribution is 8.00. The first-order chi connectivity index (χ1) is 16.0. The summed E-state index contributed by atoms with van der Waals surface area (Å²) in [6, 6.07) is 19.2. The third-order valence-electron chi connectivity index (χ3n) is 5.15. The molecule has 7 nitrogen and oxygen atoms in total. The van der Waals surface area contributed by atoms with Crippen molar-refractivity contribution in [1.29, 1.82) is 0 Å². The van der Waals surface area contributed by atoms with Gasteiger partial charge >= 0.3 is 0 Å². The van der Waals surface area contributed by atoms with E-state index in [1.54, 1.807) is 6.26 Å². The van der Waals surface area contributed by atoms with Crippen LogP contribution in [-0.2, 0) is 17.9 Å². The summed E-state index contributed by atoms with van der Waals surface area (Å²) in [6.07, 6.45) is 1.64. The van der Waals surface area contributed by atoms with E-state index >= 15 is 0 Å². The number of hydrogen-bond acceptors (Lipinski definition) is 6. The molecule has 8 heteroatoms. The molecule has 0 fully saturated rings. The molecule has 2 aromatic carbocycles. The van der Waals surface area contributed by atoms with Gasteiger partial charge < -0.3 is 19.0 Å². The molecule has 0 saturated heterocycles. The van der Waals surface area contributed by atoms with Gasteiger partial charge in [-0.15, -0.1) is 10.2 Å². The average molecular weight is 463 g/mol. The fraction of sp³-hybridized carbons (Fsp3) is 0.240. The van der Waals surface area contributed by atoms with Crippen LogP contribution in [-0.4, -0.2) is 25.9 Å². The predicted molar refractivity (Wildman–Crippen MR) is 129 cm³/mol. The Bertz CT molecular complexity index is 1200. The number of carbonyl (C=O) groups excluding carboxylic acids is 1. The maximum absolute atomic E-state index is 12.8. The second kappa shape index (κ2) is 10.4. The van der Waals surface area contributed by atoms with E-state index in [1.807, 2.05) is 86.0 Å². The quantitative estimate of drug-likeness (QED) is 0.328. The van der Waals surface area contributed by atoms with Gasteiger partial charge in [0.05, 0.1) is 17.1 Å². The topological polar surface area (TPSA) is 82.2 Å². The number of benzene rings is 2. The summed E-state index contributed by atoms with van der Waals surface area (Å²) in [7, 11) is 0. The van der Waals surface area contributed by atoms with E-state index in [0.29, 0.717) is 24.0 Å². The Morgan fingerprint density at radius 2 is 1.88 bits per heavy atom. The molecule has 0 saturated carbocycles.